The third-order valence-electron chi connectivity index (χ3n) is 3.22. The van der Waals surface area contributed by atoms with Gasteiger partial charge in [0.2, 0.25) is 0 Å². The fourth-order valence-corrected chi connectivity index (χ4v) is 3.98. The molecule has 0 aliphatic carbocycles. The predicted octanol–water partition coefficient (Wildman–Crippen LogP) is 5.00. The minimum atomic E-state index is 0.0891. The normalized spacial score (nSPS) is 12.7. The van der Waals surface area contributed by atoms with Gasteiger partial charge in [0.05, 0.1) is 5.51 Å². The molecule has 0 bridgehead atoms. The Balaban J connectivity index is 2.16. The fourth-order valence-electron chi connectivity index (χ4n) is 2.07. The molecule has 108 valence electrons. The molecular formula is C16H22N2S2. The van der Waals surface area contributed by atoms with Crippen molar-refractivity contribution in [1.29, 1.82) is 0 Å². The summed E-state index contributed by atoms with van der Waals surface area (Å²) in [6.07, 6.45) is 3.87. The van der Waals surface area contributed by atoms with Crippen LogP contribution in [-0.2, 0) is 15.9 Å². The van der Waals surface area contributed by atoms with Crippen molar-refractivity contribution < 1.29 is 0 Å². The molecule has 0 atom stereocenters. The topological polar surface area (TPSA) is 25.8 Å². The summed E-state index contributed by atoms with van der Waals surface area (Å²) in [7, 11) is 0. The third kappa shape index (κ3) is 3.61. The van der Waals surface area contributed by atoms with Crippen LogP contribution in [-0.4, -0.2) is 9.97 Å². The standard InChI is InChI=1S/C16H22N2S2/c1-15(2,3)14-12(7-6-8-18-14)10-20-16(4,5)13-9-17-11-19-13/h6-9,11H,10H2,1-5H3. The van der Waals surface area contributed by atoms with Crippen LogP contribution in [0.1, 0.15) is 50.8 Å². The van der Waals surface area contributed by atoms with E-state index in [1.165, 1.54) is 16.1 Å². The average Bonchev–Trinajstić information content (AvgIpc) is 2.90. The predicted molar refractivity (Wildman–Crippen MR) is 89.4 cm³/mol. The summed E-state index contributed by atoms with van der Waals surface area (Å²) in [5.74, 6) is 0.978. The summed E-state index contributed by atoms with van der Waals surface area (Å²) in [4.78, 5) is 10.1. The zero-order valence-corrected chi connectivity index (χ0v) is 14.4. The molecule has 0 aromatic carbocycles. The maximum absolute atomic E-state index is 4.59. The molecule has 0 amide bonds. The summed E-state index contributed by atoms with van der Waals surface area (Å²) >= 11 is 3.68. The summed E-state index contributed by atoms with van der Waals surface area (Å²) in [5, 5.41) is 0. The summed E-state index contributed by atoms with van der Waals surface area (Å²) in [5.41, 5.74) is 4.53. The number of thiazole rings is 1. The summed E-state index contributed by atoms with van der Waals surface area (Å²) in [6, 6.07) is 4.23. The Bertz CT molecular complexity index is 554. The monoisotopic (exact) mass is 306 g/mol. The minimum Gasteiger partial charge on any atom is -0.260 e. The van der Waals surface area contributed by atoms with Crippen LogP contribution in [0.3, 0.4) is 0 Å². The van der Waals surface area contributed by atoms with Crippen molar-refractivity contribution in [3.63, 3.8) is 0 Å². The molecule has 0 saturated heterocycles. The van der Waals surface area contributed by atoms with Crippen LogP contribution in [0, 0.1) is 0 Å². The van der Waals surface area contributed by atoms with Crippen molar-refractivity contribution in [3.05, 3.63) is 46.2 Å². The van der Waals surface area contributed by atoms with Crippen LogP contribution in [0.5, 0.6) is 0 Å². The summed E-state index contributed by atoms with van der Waals surface area (Å²) < 4.78 is 0.0894. The van der Waals surface area contributed by atoms with Crippen molar-refractivity contribution in [3.8, 4) is 0 Å². The molecule has 0 radical (unpaired) electrons. The maximum Gasteiger partial charge on any atom is 0.0794 e. The second-order valence-electron chi connectivity index (χ2n) is 6.43. The molecule has 20 heavy (non-hydrogen) atoms. The minimum absolute atomic E-state index is 0.0891. The molecule has 0 unspecified atom stereocenters. The van der Waals surface area contributed by atoms with Crippen LogP contribution in [0.4, 0.5) is 0 Å². The molecule has 0 N–H and O–H groups in total. The molecule has 2 aromatic rings. The number of thioether (sulfide) groups is 1. The molecule has 0 aliphatic rings. The SMILES string of the molecule is CC(C)(C)c1ncccc1CSC(C)(C)c1cncs1. The van der Waals surface area contributed by atoms with Crippen molar-refractivity contribution in [2.45, 2.75) is 50.5 Å². The number of hydrogen-bond donors (Lipinski definition) is 0. The molecule has 0 saturated carbocycles. The Hall–Kier alpha value is -0.870. The zero-order valence-electron chi connectivity index (χ0n) is 12.8. The lowest BCUT2D eigenvalue weighted by molar-refractivity contribution is 0.563. The van der Waals surface area contributed by atoms with Gasteiger partial charge in [0.1, 0.15) is 0 Å². The van der Waals surface area contributed by atoms with Gasteiger partial charge in [-0.15, -0.1) is 23.1 Å². The Kier molecular flexibility index (Phi) is 4.55. The molecular weight excluding hydrogens is 284 g/mol. The first kappa shape index (κ1) is 15.5. The highest BCUT2D eigenvalue weighted by atomic mass is 32.2. The Labute approximate surface area is 130 Å². The first-order valence-corrected chi connectivity index (χ1v) is 8.64. The first-order chi connectivity index (χ1) is 9.31. The number of rotatable bonds is 4. The van der Waals surface area contributed by atoms with Crippen molar-refractivity contribution >= 4 is 23.1 Å². The van der Waals surface area contributed by atoms with Gasteiger partial charge in [0.25, 0.3) is 0 Å². The fraction of sp³-hybridized carbons (Fsp3) is 0.500. The van der Waals surface area contributed by atoms with E-state index in [1.54, 1.807) is 11.3 Å². The molecule has 2 rings (SSSR count). The highest BCUT2D eigenvalue weighted by Crippen LogP contribution is 2.40. The van der Waals surface area contributed by atoms with Crippen LogP contribution in [0.2, 0.25) is 0 Å². The smallest absolute Gasteiger partial charge is 0.0794 e. The number of pyridine rings is 1. The van der Waals surface area contributed by atoms with Gasteiger partial charge in [0.15, 0.2) is 0 Å². The number of aromatic nitrogens is 2. The van der Waals surface area contributed by atoms with Crippen LogP contribution < -0.4 is 0 Å². The van der Waals surface area contributed by atoms with Gasteiger partial charge < -0.3 is 0 Å². The quantitative estimate of drug-likeness (QED) is 0.794. The van der Waals surface area contributed by atoms with E-state index in [-0.39, 0.29) is 10.2 Å². The van der Waals surface area contributed by atoms with Gasteiger partial charge in [-0.2, -0.15) is 0 Å². The van der Waals surface area contributed by atoms with Gasteiger partial charge in [-0.3, -0.25) is 9.97 Å². The lowest BCUT2D eigenvalue weighted by Gasteiger charge is -2.25. The van der Waals surface area contributed by atoms with E-state index in [0.29, 0.717) is 0 Å². The average molecular weight is 306 g/mol. The van der Waals surface area contributed by atoms with Crippen molar-refractivity contribution in [2.75, 3.05) is 0 Å². The Morgan fingerprint density at radius 1 is 1.20 bits per heavy atom. The molecule has 2 aromatic heterocycles. The van der Waals surface area contributed by atoms with E-state index in [1.807, 2.05) is 35.7 Å². The van der Waals surface area contributed by atoms with Crippen LogP contribution in [0.25, 0.3) is 0 Å². The van der Waals surface area contributed by atoms with E-state index >= 15 is 0 Å². The lowest BCUT2D eigenvalue weighted by atomic mass is 9.89. The Morgan fingerprint density at radius 2 is 1.95 bits per heavy atom. The van der Waals surface area contributed by atoms with Gasteiger partial charge >= 0.3 is 0 Å². The van der Waals surface area contributed by atoms with Crippen LogP contribution in [0.15, 0.2) is 30.0 Å². The van der Waals surface area contributed by atoms with Crippen LogP contribution >= 0.6 is 23.1 Å². The molecule has 2 heterocycles. The largest absolute Gasteiger partial charge is 0.260 e. The third-order valence-corrected chi connectivity index (χ3v) is 5.84. The van der Waals surface area contributed by atoms with E-state index < -0.39 is 0 Å². The van der Waals surface area contributed by atoms with E-state index in [0.717, 1.165) is 5.75 Å². The number of nitrogens with zero attached hydrogens (tertiary/aromatic N) is 2. The first-order valence-electron chi connectivity index (χ1n) is 6.78. The summed E-state index contributed by atoms with van der Waals surface area (Å²) in [6.45, 7) is 11.2. The molecule has 0 spiro atoms. The van der Waals surface area contributed by atoms with E-state index in [4.69, 9.17) is 0 Å². The lowest BCUT2D eigenvalue weighted by Crippen LogP contribution is -2.17. The highest BCUT2D eigenvalue weighted by molar-refractivity contribution is 7.99. The van der Waals surface area contributed by atoms with Gasteiger partial charge in [-0.25, -0.2) is 0 Å². The second-order valence-corrected chi connectivity index (χ2v) is 8.91. The van der Waals surface area contributed by atoms with Gasteiger partial charge in [-0.05, 0) is 25.5 Å². The van der Waals surface area contributed by atoms with Crippen molar-refractivity contribution in [1.82, 2.24) is 9.97 Å². The number of hydrogen-bond acceptors (Lipinski definition) is 4. The molecule has 0 aliphatic heterocycles. The maximum atomic E-state index is 4.59. The van der Waals surface area contributed by atoms with Gasteiger partial charge in [0, 0.05) is 38.9 Å². The Morgan fingerprint density at radius 3 is 2.55 bits per heavy atom. The highest BCUT2D eigenvalue weighted by Gasteiger charge is 2.25. The van der Waals surface area contributed by atoms with E-state index in [9.17, 15) is 0 Å². The second kappa shape index (κ2) is 5.86. The molecule has 0 fully saturated rings. The molecule has 4 heteroatoms. The van der Waals surface area contributed by atoms with Crippen molar-refractivity contribution in [2.24, 2.45) is 0 Å². The van der Waals surface area contributed by atoms with E-state index in [2.05, 4.69) is 50.7 Å². The zero-order chi connectivity index (χ0) is 14.8. The van der Waals surface area contributed by atoms with Gasteiger partial charge in [-0.1, -0.05) is 26.8 Å². The molecule has 2 nitrogen and oxygen atoms in total.